The molecule has 0 atom stereocenters. The molecule has 0 amide bonds. The molecule has 3 rings (SSSR count). The molecule has 0 aliphatic heterocycles. The fourth-order valence-corrected chi connectivity index (χ4v) is 3.43. The SMILES string of the molecule is COc1ccc2nc(CCCl)n(C3CCC(C)CC3)c2n1. The van der Waals surface area contributed by atoms with Crippen molar-refractivity contribution in [2.24, 2.45) is 5.92 Å². The molecular weight excluding hydrogens is 286 g/mol. The van der Waals surface area contributed by atoms with Crippen LogP contribution in [0.4, 0.5) is 0 Å². The first-order valence-electron chi connectivity index (χ1n) is 7.70. The minimum absolute atomic E-state index is 0.490. The van der Waals surface area contributed by atoms with Crippen molar-refractivity contribution in [2.45, 2.75) is 45.1 Å². The molecule has 1 fully saturated rings. The summed E-state index contributed by atoms with van der Waals surface area (Å²) in [5, 5.41) is 0. The first kappa shape index (κ1) is 14.6. The van der Waals surface area contributed by atoms with Gasteiger partial charge >= 0.3 is 0 Å². The number of aromatic nitrogens is 3. The van der Waals surface area contributed by atoms with Gasteiger partial charge in [-0.2, -0.15) is 4.98 Å². The lowest BCUT2D eigenvalue weighted by atomic mass is 9.87. The third-order valence-corrected chi connectivity index (χ3v) is 4.65. The van der Waals surface area contributed by atoms with Crippen LogP contribution in [0.2, 0.25) is 0 Å². The fraction of sp³-hybridized carbons (Fsp3) is 0.625. The molecule has 1 saturated carbocycles. The molecule has 1 aliphatic rings. The van der Waals surface area contributed by atoms with E-state index in [2.05, 4.69) is 16.5 Å². The van der Waals surface area contributed by atoms with E-state index in [1.54, 1.807) is 7.11 Å². The molecule has 2 heterocycles. The topological polar surface area (TPSA) is 39.9 Å². The highest BCUT2D eigenvalue weighted by molar-refractivity contribution is 6.17. The van der Waals surface area contributed by atoms with Crippen LogP contribution in [0.3, 0.4) is 0 Å². The molecule has 0 N–H and O–H groups in total. The number of hydrogen-bond acceptors (Lipinski definition) is 3. The number of hydrogen-bond donors (Lipinski definition) is 0. The Morgan fingerprint density at radius 1 is 1.24 bits per heavy atom. The standard InChI is InChI=1S/C16H22ClN3O/c1-11-3-5-12(6-4-11)20-14(9-10-17)18-13-7-8-15(21-2)19-16(13)20/h7-8,11-12H,3-6,9-10H2,1-2H3. The average Bonchev–Trinajstić information content (AvgIpc) is 2.85. The Bertz CT molecular complexity index is 617. The van der Waals surface area contributed by atoms with E-state index in [1.165, 1.54) is 25.7 Å². The van der Waals surface area contributed by atoms with Crippen LogP contribution in [-0.2, 0) is 6.42 Å². The Morgan fingerprint density at radius 2 is 2.00 bits per heavy atom. The van der Waals surface area contributed by atoms with E-state index in [-0.39, 0.29) is 0 Å². The summed E-state index contributed by atoms with van der Waals surface area (Å²) in [6, 6.07) is 4.34. The number of rotatable bonds is 4. The first-order chi connectivity index (χ1) is 10.2. The second kappa shape index (κ2) is 6.22. The number of nitrogens with zero attached hydrogens (tertiary/aromatic N) is 3. The zero-order valence-corrected chi connectivity index (χ0v) is 13.4. The molecule has 0 spiro atoms. The summed E-state index contributed by atoms with van der Waals surface area (Å²) in [6.07, 6.45) is 5.72. The van der Waals surface area contributed by atoms with Crippen molar-refractivity contribution in [3.05, 3.63) is 18.0 Å². The summed E-state index contributed by atoms with van der Waals surface area (Å²) >= 11 is 5.96. The van der Waals surface area contributed by atoms with E-state index >= 15 is 0 Å². The molecule has 0 bridgehead atoms. The maximum Gasteiger partial charge on any atom is 0.215 e. The summed E-state index contributed by atoms with van der Waals surface area (Å²) in [6.45, 7) is 2.34. The maximum absolute atomic E-state index is 5.96. The van der Waals surface area contributed by atoms with Gasteiger partial charge in [0.15, 0.2) is 5.65 Å². The molecule has 0 unspecified atom stereocenters. The van der Waals surface area contributed by atoms with Gasteiger partial charge in [0.05, 0.1) is 7.11 Å². The molecular formula is C16H22ClN3O. The highest BCUT2D eigenvalue weighted by atomic mass is 35.5. The van der Waals surface area contributed by atoms with Crippen molar-refractivity contribution in [3.63, 3.8) is 0 Å². The van der Waals surface area contributed by atoms with Crippen LogP contribution < -0.4 is 4.74 Å². The van der Waals surface area contributed by atoms with Crippen molar-refractivity contribution in [3.8, 4) is 5.88 Å². The number of pyridine rings is 1. The van der Waals surface area contributed by atoms with Gasteiger partial charge in [-0.25, -0.2) is 4.98 Å². The molecule has 1 aliphatic carbocycles. The molecule has 0 aromatic carbocycles. The third-order valence-electron chi connectivity index (χ3n) is 4.46. The number of ether oxygens (including phenoxy) is 1. The molecule has 114 valence electrons. The largest absolute Gasteiger partial charge is 0.481 e. The number of methoxy groups -OCH3 is 1. The predicted octanol–water partition coefficient (Wildman–Crippen LogP) is 3.97. The number of alkyl halides is 1. The van der Waals surface area contributed by atoms with Gasteiger partial charge in [0.1, 0.15) is 11.3 Å². The van der Waals surface area contributed by atoms with Crippen molar-refractivity contribution in [1.29, 1.82) is 0 Å². The summed E-state index contributed by atoms with van der Waals surface area (Å²) < 4.78 is 7.58. The summed E-state index contributed by atoms with van der Waals surface area (Å²) in [5.74, 6) is 3.12. The van der Waals surface area contributed by atoms with Gasteiger partial charge in [0.25, 0.3) is 0 Å². The van der Waals surface area contributed by atoms with Crippen LogP contribution >= 0.6 is 11.6 Å². The minimum Gasteiger partial charge on any atom is -0.481 e. The van der Waals surface area contributed by atoms with Gasteiger partial charge < -0.3 is 9.30 Å². The number of fused-ring (bicyclic) bond motifs is 1. The Balaban J connectivity index is 2.05. The first-order valence-corrected chi connectivity index (χ1v) is 8.24. The van der Waals surface area contributed by atoms with Gasteiger partial charge in [-0.05, 0) is 37.7 Å². The van der Waals surface area contributed by atoms with Crippen LogP contribution in [0.5, 0.6) is 5.88 Å². The summed E-state index contributed by atoms with van der Waals surface area (Å²) in [4.78, 5) is 9.36. The highest BCUT2D eigenvalue weighted by Gasteiger charge is 2.24. The van der Waals surface area contributed by atoms with Crippen molar-refractivity contribution in [1.82, 2.24) is 14.5 Å². The highest BCUT2D eigenvalue weighted by Crippen LogP contribution is 2.35. The average molecular weight is 308 g/mol. The lowest BCUT2D eigenvalue weighted by Crippen LogP contribution is -2.19. The van der Waals surface area contributed by atoms with E-state index in [0.29, 0.717) is 17.8 Å². The molecule has 2 aromatic heterocycles. The van der Waals surface area contributed by atoms with Gasteiger partial charge in [-0.3, -0.25) is 0 Å². The summed E-state index contributed by atoms with van der Waals surface area (Å²) in [7, 11) is 1.65. The number of aryl methyl sites for hydroxylation is 1. The smallest absolute Gasteiger partial charge is 0.215 e. The molecule has 0 radical (unpaired) electrons. The molecule has 0 saturated heterocycles. The monoisotopic (exact) mass is 307 g/mol. The van der Waals surface area contributed by atoms with Gasteiger partial charge in [0, 0.05) is 24.4 Å². The van der Waals surface area contributed by atoms with E-state index in [0.717, 1.165) is 29.3 Å². The van der Waals surface area contributed by atoms with E-state index in [1.807, 2.05) is 12.1 Å². The van der Waals surface area contributed by atoms with Crippen molar-refractivity contribution in [2.75, 3.05) is 13.0 Å². The molecule has 21 heavy (non-hydrogen) atoms. The zero-order chi connectivity index (χ0) is 14.8. The van der Waals surface area contributed by atoms with Crippen molar-refractivity contribution < 1.29 is 4.74 Å². The Hall–Kier alpha value is -1.29. The lowest BCUT2D eigenvalue weighted by Gasteiger charge is -2.28. The second-order valence-corrected chi connectivity index (χ2v) is 6.33. The van der Waals surface area contributed by atoms with Crippen LogP contribution in [0.15, 0.2) is 12.1 Å². The maximum atomic E-state index is 5.96. The van der Waals surface area contributed by atoms with E-state index < -0.39 is 0 Å². The fourth-order valence-electron chi connectivity index (χ4n) is 3.26. The zero-order valence-electron chi connectivity index (χ0n) is 12.7. The predicted molar refractivity (Wildman–Crippen MR) is 85.2 cm³/mol. The van der Waals surface area contributed by atoms with Crippen LogP contribution in [0.1, 0.15) is 44.5 Å². The molecule has 5 heteroatoms. The van der Waals surface area contributed by atoms with E-state index in [4.69, 9.17) is 21.3 Å². The van der Waals surface area contributed by atoms with Crippen LogP contribution in [0, 0.1) is 5.92 Å². The normalized spacial score (nSPS) is 22.6. The molecule has 4 nitrogen and oxygen atoms in total. The Morgan fingerprint density at radius 3 is 2.67 bits per heavy atom. The van der Waals surface area contributed by atoms with Gasteiger partial charge in [0.2, 0.25) is 5.88 Å². The lowest BCUT2D eigenvalue weighted by molar-refractivity contribution is 0.288. The van der Waals surface area contributed by atoms with Crippen molar-refractivity contribution >= 4 is 22.8 Å². The quantitative estimate of drug-likeness (QED) is 0.802. The third kappa shape index (κ3) is 2.86. The number of halogens is 1. The number of imidazole rings is 1. The molecule has 2 aromatic rings. The summed E-state index contributed by atoms with van der Waals surface area (Å²) in [5.41, 5.74) is 1.88. The van der Waals surface area contributed by atoms with Crippen LogP contribution in [0.25, 0.3) is 11.2 Å². The second-order valence-electron chi connectivity index (χ2n) is 5.95. The van der Waals surface area contributed by atoms with Crippen LogP contribution in [-0.4, -0.2) is 27.5 Å². The van der Waals surface area contributed by atoms with Gasteiger partial charge in [-0.15, -0.1) is 11.6 Å². The van der Waals surface area contributed by atoms with E-state index in [9.17, 15) is 0 Å². The van der Waals surface area contributed by atoms with Gasteiger partial charge in [-0.1, -0.05) is 6.92 Å². The minimum atomic E-state index is 0.490. The Kier molecular flexibility index (Phi) is 4.34. The Labute approximate surface area is 130 Å².